The van der Waals surface area contributed by atoms with Gasteiger partial charge in [0.25, 0.3) is 0 Å². The van der Waals surface area contributed by atoms with Gasteiger partial charge in [0.1, 0.15) is 0 Å². The summed E-state index contributed by atoms with van der Waals surface area (Å²) in [4.78, 5) is 29.5. The summed E-state index contributed by atoms with van der Waals surface area (Å²) in [7, 11) is 1.85. The molecule has 1 aromatic heterocycles. The summed E-state index contributed by atoms with van der Waals surface area (Å²) in [6.45, 7) is 1.99. The Morgan fingerprint density at radius 1 is 1.33 bits per heavy atom. The van der Waals surface area contributed by atoms with Crippen LogP contribution < -0.4 is 10.2 Å². The summed E-state index contributed by atoms with van der Waals surface area (Å²) in [6.07, 6.45) is 2.43. The number of amides is 2. The number of nitrogens with one attached hydrogen (secondary N) is 1. The van der Waals surface area contributed by atoms with E-state index in [0.717, 1.165) is 18.5 Å². The van der Waals surface area contributed by atoms with E-state index in [1.165, 1.54) is 16.2 Å². The fourth-order valence-electron chi connectivity index (χ4n) is 1.85. The molecule has 1 N–H and O–H groups in total. The zero-order valence-electron chi connectivity index (χ0n) is 10.6. The van der Waals surface area contributed by atoms with Gasteiger partial charge in [0.15, 0.2) is 5.13 Å². The molecule has 1 aromatic rings. The minimum atomic E-state index is -0.129. The molecule has 0 aliphatic carbocycles. The van der Waals surface area contributed by atoms with E-state index in [4.69, 9.17) is 0 Å². The zero-order valence-corrected chi connectivity index (χ0v) is 11.4. The quantitative estimate of drug-likeness (QED) is 0.849. The van der Waals surface area contributed by atoms with Crippen LogP contribution in [-0.2, 0) is 9.59 Å². The largest absolute Gasteiger partial charge is 0.312 e. The Hall–Kier alpha value is -1.27. The van der Waals surface area contributed by atoms with Crippen LogP contribution in [0.25, 0.3) is 0 Å². The molecule has 1 aliphatic heterocycles. The van der Waals surface area contributed by atoms with Crippen molar-refractivity contribution in [3.63, 3.8) is 0 Å². The minimum Gasteiger partial charge on any atom is -0.312 e. The molecular formula is C12H17N3O2S. The molecule has 6 heteroatoms. The lowest BCUT2D eigenvalue weighted by Gasteiger charge is -2.15. The third kappa shape index (κ3) is 2.59. The highest BCUT2D eigenvalue weighted by molar-refractivity contribution is 7.14. The summed E-state index contributed by atoms with van der Waals surface area (Å²) in [5.74, 6) is -0.258. The van der Waals surface area contributed by atoms with Crippen LogP contribution in [0.1, 0.15) is 44.3 Å². The van der Waals surface area contributed by atoms with Gasteiger partial charge in [0, 0.05) is 24.3 Å². The smallest absolute Gasteiger partial charge is 0.235 e. The Balaban J connectivity index is 2.25. The van der Waals surface area contributed by atoms with E-state index in [1.807, 2.05) is 19.4 Å². The predicted molar refractivity (Wildman–Crippen MR) is 70.5 cm³/mol. The Labute approximate surface area is 110 Å². The number of carbonyl (C=O) groups is 2. The Morgan fingerprint density at radius 3 is 2.50 bits per heavy atom. The third-order valence-corrected chi connectivity index (χ3v) is 3.95. The lowest BCUT2D eigenvalue weighted by molar-refractivity contribution is -0.125. The van der Waals surface area contributed by atoms with Gasteiger partial charge in [-0.25, -0.2) is 9.88 Å². The SMILES string of the molecule is CNC(C)c1csc(N2C(=O)CCCCC2=O)n1. The molecule has 1 unspecified atom stereocenters. The molecule has 1 fully saturated rings. The maximum atomic E-state index is 11.9. The molecule has 2 rings (SSSR count). The van der Waals surface area contributed by atoms with Gasteiger partial charge in [-0.1, -0.05) is 0 Å². The maximum Gasteiger partial charge on any atom is 0.235 e. The highest BCUT2D eigenvalue weighted by Crippen LogP contribution is 2.27. The number of hydrogen-bond donors (Lipinski definition) is 1. The van der Waals surface area contributed by atoms with Crippen molar-refractivity contribution in [2.45, 2.75) is 38.6 Å². The number of anilines is 1. The van der Waals surface area contributed by atoms with E-state index >= 15 is 0 Å². The lowest BCUT2D eigenvalue weighted by Crippen LogP contribution is -2.35. The van der Waals surface area contributed by atoms with Crippen LogP contribution in [-0.4, -0.2) is 23.8 Å². The average molecular weight is 267 g/mol. The van der Waals surface area contributed by atoms with E-state index < -0.39 is 0 Å². The molecule has 5 nitrogen and oxygen atoms in total. The molecular weight excluding hydrogens is 250 g/mol. The lowest BCUT2D eigenvalue weighted by atomic mass is 10.2. The van der Waals surface area contributed by atoms with Gasteiger partial charge in [-0.3, -0.25) is 9.59 Å². The van der Waals surface area contributed by atoms with Crippen molar-refractivity contribution < 1.29 is 9.59 Å². The molecule has 18 heavy (non-hydrogen) atoms. The van der Waals surface area contributed by atoms with Crippen molar-refractivity contribution in [2.75, 3.05) is 11.9 Å². The monoisotopic (exact) mass is 267 g/mol. The van der Waals surface area contributed by atoms with Crippen LogP contribution >= 0.6 is 11.3 Å². The fraction of sp³-hybridized carbons (Fsp3) is 0.583. The van der Waals surface area contributed by atoms with Crippen LogP contribution in [0.2, 0.25) is 0 Å². The fourth-order valence-corrected chi connectivity index (χ4v) is 2.80. The minimum absolute atomic E-state index is 0.118. The van der Waals surface area contributed by atoms with Crippen molar-refractivity contribution >= 4 is 28.3 Å². The number of nitrogens with zero attached hydrogens (tertiary/aromatic N) is 2. The molecule has 0 spiro atoms. The number of carbonyl (C=O) groups excluding carboxylic acids is 2. The van der Waals surface area contributed by atoms with Crippen LogP contribution in [0, 0.1) is 0 Å². The Kier molecular flexibility index (Phi) is 4.08. The van der Waals surface area contributed by atoms with E-state index in [9.17, 15) is 9.59 Å². The molecule has 98 valence electrons. The second-order valence-corrected chi connectivity index (χ2v) is 5.23. The maximum absolute atomic E-state index is 11.9. The molecule has 0 saturated carbocycles. The molecule has 0 aromatic carbocycles. The molecule has 1 atom stereocenters. The summed E-state index contributed by atoms with van der Waals surface area (Å²) in [6, 6.07) is 0.118. The molecule has 2 amide bonds. The van der Waals surface area contributed by atoms with Gasteiger partial charge >= 0.3 is 0 Å². The molecule has 1 aliphatic rings. The Bertz CT molecular complexity index is 440. The van der Waals surface area contributed by atoms with E-state index in [0.29, 0.717) is 18.0 Å². The first kappa shape index (κ1) is 13.2. The summed E-state index contributed by atoms with van der Waals surface area (Å²) in [5, 5.41) is 5.48. The van der Waals surface area contributed by atoms with E-state index in [1.54, 1.807) is 0 Å². The van der Waals surface area contributed by atoms with Crippen molar-refractivity contribution in [3.05, 3.63) is 11.1 Å². The second kappa shape index (κ2) is 5.58. The normalized spacial score (nSPS) is 18.9. The number of aromatic nitrogens is 1. The molecule has 1 saturated heterocycles. The van der Waals surface area contributed by atoms with Crippen molar-refractivity contribution in [2.24, 2.45) is 0 Å². The summed E-state index contributed by atoms with van der Waals surface area (Å²) in [5.41, 5.74) is 0.863. The molecule has 0 bridgehead atoms. The van der Waals surface area contributed by atoms with Crippen molar-refractivity contribution in [3.8, 4) is 0 Å². The molecule has 0 radical (unpaired) electrons. The van der Waals surface area contributed by atoms with Crippen molar-refractivity contribution in [1.29, 1.82) is 0 Å². The number of imide groups is 1. The van der Waals surface area contributed by atoms with Gasteiger partial charge in [0.05, 0.1) is 5.69 Å². The second-order valence-electron chi connectivity index (χ2n) is 4.40. The van der Waals surface area contributed by atoms with Crippen LogP contribution in [0.15, 0.2) is 5.38 Å². The first-order chi connectivity index (χ1) is 8.63. The third-order valence-electron chi connectivity index (χ3n) is 3.11. The highest BCUT2D eigenvalue weighted by atomic mass is 32.1. The van der Waals surface area contributed by atoms with Crippen LogP contribution in [0.5, 0.6) is 0 Å². The van der Waals surface area contributed by atoms with E-state index in [-0.39, 0.29) is 17.9 Å². The number of hydrogen-bond acceptors (Lipinski definition) is 5. The van der Waals surface area contributed by atoms with Crippen molar-refractivity contribution in [1.82, 2.24) is 10.3 Å². The van der Waals surface area contributed by atoms with Crippen LogP contribution in [0.3, 0.4) is 0 Å². The first-order valence-corrected chi connectivity index (χ1v) is 7.00. The average Bonchev–Trinajstić information content (AvgIpc) is 2.77. The van der Waals surface area contributed by atoms with Gasteiger partial charge in [-0.05, 0) is 26.8 Å². The topological polar surface area (TPSA) is 62.3 Å². The van der Waals surface area contributed by atoms with Gasteiger partial charge in [-0.2, -0.15) is 0 Å². The molecule has 2 heterocycles. The van der Waals surface area contributed by atoms with Gasteiger partial charge in [0.2, 0.25) is 11.8 Å². The van der Waals surface area contributed by atoms with Gasteiger partial charge in [-0.15, -0.1) is 11.3 Å². The highest BCUT2D eigenvalue weighted by Gasteiger charge is 2.28. The summed E-state index contributed by atoms with van der Waals surface area (Å²) < 4.78 is 0. The zero-order chi connectivity index (χ0) is 13.1. The first-order valence-electron chi connectivity index (χ1n) is 6.12. The number of rotatable bonds is 3. The summed E-state index contributed by atoms with van der Waals surface area (Å²) >= 11 is 1.35. The Morgan fingerprint density at radius 2 is 1.94 bits per heavy atom. The standard InChI is InChI=1S/C12H17N3O2S/c1-8(13-2)9-7-18-12(14-9)15-10(16)5-3-4-6-11(15)17/h7-8,13H,3-6H2,1-2H3. The number of thiazole rings is 1. The van der Waals surface area contributed by atoms with Gasteiger partial charge < -0.3 is 5.32 Å². The predicted octanol–water partition coefficient (Wildman–Crippen LogP) is 1.86. The van der Waals surface area contributed by atoms with E-state index in [2.05, 4.69) is 10.3 Å². The van der Waals surface area contributed by atoms with Crippen LogP contribution in [0.4, 0.5) is 5.13 Å².